The Morgan fingerprint density at radius 3 is 2.43 bits per heavy atom. The van der Waals surface area contributed by atoms with E-state index in [1.54, 1.807) is 12.1 Å². The second-order valence-electron chi connectivity index (χ2n) is 9.36. The van der Waals surface area contributed by atoms with Crippen LogP contribution < -0.4 is 0 Å². The number of nitrogens with zero attached hydrogens (tertiary/aromatic N) is 1. The topological polar surface area (TPSA) is 113 Å². The predicted octanol–water partition coefficient (Wildman–Crippen LogP) is 3.05. The van der Waals surface area contributed by atoms with Crippen molar-refractivity contribution < 1.29 is 33.1 Å². The Morgan fingerprint density at radius 1 is 1.33 bits per heavy atom. The molecule has 10 heteroatoms. The van der Waals surface area contributed by atoms with Crippen molar-refractivity contribution in [1.82, 2.24) is 0 Å². The summed E-state index contributed by atoms with van der Waals surface area (Å²) in [5.74, 6) is -2.20. The third-order valence-electron chi connectivity index (χ3n) is 6.53. The minimum absolute atomic E-state index is 0.188. The van der Waals surface area contributed by atoms with Crippen molar-refractivity contribution in [2.24, 2.45) is 0 Å². The minimum Gasteiger partial charge on any atom is -0.469 e. The van der Waals surface area contributed by atoms with Crippen molar-refractivity contribution in [2.75, 3.05) is 13.7 Å². The molecule has 0 aromatic carbocycles. The highest BCUT2D eigenvalue weighted by Gasteiger charge is 2.64. The van der Waals surface area contributed by atoms with Crippen LogP contribution in [0, 0.1) is 10.1 Å². The summed E-state index contributed by atoms with van der Waals surface area (Å²) in [4.78, 5) is 12.0. The van der Waals surface area contributed by atoms with Crippen molar-refractivity contribution >= 4 is 8.32 Å². The van der Waals surface area contributed by atoms with Gasteiger partial charge in [0.2, 0.25) is 0 Å². The zero-order valence-electron chi connectivity index (χ0n) is 18.3. The van der Waals surface area contributed by atoms with Crippen LogP contribution in [0.3, 0.4) is 0 Å². The van der Waals surface area contributed by atoms with Gasteiger partial charge in [0.25, 0.3) is 6.04 Å². The number of ether oxygens (including phenoxy) is 3. The number of hydrogen-bond donors (Lipinski definition) is 1. The van der Waals surface area contributed by atoms with Gasteiger partial charge in [-0.3, -0.25) is 10.1 Å². The molecule has 2 unspecified atom stereocenters. The molecule has 1 aliphatic heterocycles. The van der Waals surface area contributed by atoms with Gasteiger partial charge in [-0.15, -0.1) is 0 Å². The first-order chi connectivity index (χ1) is 13.9. The number of aliphatic hydroxyl groups is 1. The number of methoxy groups -OCH3 is 1. The summed E-state index contributed by atoms with van der Waals surface area (Å²) in [6.45, 7) is 13.7. The van der Waals surface area contributed by atoms with E-state index < -0.39 is 51.2 Å². The van der Waals surface area contributed by atoms with Crippen LogP contribution in [0.5, 0.6) is 0 Å². The minimum atomic E-state index is -2.45. The van der Waals surface area contributed by atoms with E-state index in [0.29, 0.717) is 11.3 Å². The predicted molar refractivity (Wildman–Crippen MR) is 110 cm³/mol. The molecule has 2 heterocycles. The van der Waals surface area contributed by atoms with E-state index in [0.717, 1.165) is 0 Å². The van der Waals surface area contributed by atoms with Gasteiger partial charge in [-0.05, 0) is 35.8 Å². The molecular weight excluding hydrogens is 410 g/mol. The summed E-state index contributed by atoms with van der Waals surface area (Å²) in [7, 11) is -1.10. The van der Waals surface area contributed by atoms with E-state index in [4.69, 9.17) is 23.1 Å². The third kappa shape index (κ3) is 3.76. The summed E-state index contributed by atoms with van der Waals surface area (Å²) in [6.07, 6.45) is -1.23. The van der Waals surface area contributed by atoms with Gasteiger partial charge in [-0.25, -0.2) is 0 Å². The van der Waals surface area contributed by atoms with Crippen LogP contribution in [0.4, 0.5) is 0 Å². The summed E-state index contributed by atoms with van der Waals surface area (Å²) in [6, 6.07) is 2.14. The lowest BCUT2D eigenvalue weighted by Gasteiger charge is -2.53. The Morgan fingerprint density at radius 2 is 1.97 bits per heavy atom. The van der Waals surface area contributed by atoms with E-state index in [1.807, 2.05) is 13.1 Å². The lowest BCUT2D eigenvalue weighted by molar-refractivity contribution is -0.558. The summed E-state index contributed by atoms with van der Waals surface area (Å²) in [5.41, 5.74) is 0.499. The number of rotatable bonds is 6. The summed E-state index contributed by atoms with van der Waals surface area (Å²) < 4.78 is 29.3. The van der Waals surface area contributed by atoms with Crippen molar-refractivity contribution in [3.05, 3.63) is 46.4 Å². The first kappa shape index (κ1) is 23.1. The summed E-state index contributed by atoms with van der Waals surface area (Å²) >= 11 is 0. The van der Waals surface area contributed by atoms with Gasteiger partial charge in [0.15, 0.2) is 8.32 Å². The average Bonchev–Trinajstić information content (AvgIpc) is 3.17. The first-order valence-corrected chi connectivity index (χ1v) is 12.8. The maximum atomic E-state index is 12.3. The number of aliphatic hydroxyl groups excluding tert-OH is 1. The van der Waals surface area contributed by atoms with Crippen LogP contribution in [0.2, 0.25) is 18.1 Å². The molecule has 0 radical (unpaired) electrons. The Kier molecular flexibility index (Phi) is 6.04. The molecule has 2 bridgehead atoms. The molecular formula is C20H31NO8Si. The zero-order chi connectivity index (χ0) is 22.5. The number of hydrogen-bond acceptors (Lipinski definition) is 8. The van der Waals surface area contributed by atoms with Gasteiger partial charge in [0.05, 0.1) is 6.26 Å². The van der Waals surface area contributed by atoms with E-state index in [2.05, 4.69) is 27.4 Å². The van der Waals surface area contributed by atoms with Crippen LogP contribution in [0.1, 0.15) is 32.4 Å². The monoisotopic (exact) mass is 441 g/mol. The van der Waals surface area contributed by atoms with Crippen LogP contribution in [0.25, 0.3) is 0 Å². The molecule has 0 spiro atoms. The van der Waals surface area contributed by atoms with Crippen LogP contribution in [0.15, 0.2) is 35.0 Å². The molecule has 168 valence electrons. The third-order valence-corrected chi connectivity index (χ3v) is 11.0. The lowest BCUT2D eigenvalue weighted by Crippen LogP contribution is -2.68. The molecule has 1 saturated heterocycles. The fourth-order valence-corrected chi connectivity index (χ4v) is 5.10. The van der Waals surface area contributed by atoms with Crippen molar-refractivity contribution in [1.29, 1.82) is 0 Å². The molecule has 1 N–H and O–H groups in total. The number of fused-ring (bicyclic) bond motifs is 2. The highest BCUT2D eigenvalue weighted by Crippen LogP contribution is 2.50. The molecule has 9 nitrogen and oxygen atoms in total. The van der Waals surface area contributed by atoms with E-state index in [1.165, 1.54) is 13.4 Å². The van der Waals surface area contributed by atoms with E-state index in [9.17, 15) is 15.2 Å². The maximum absolute atomic E-state index is 12.3. The molecule has 6 atom stereocenters. The summed E-state index contributed by atoms with van der Waals surface area (Å²) in [5, 5.41) is 22.1. The molecule has 0 amide bonds. The SMILES string of the molecule is C=C1C2O[C@](CO)(OC)OC1[C@H](O[Si](C)(C)C(C)(C)C)[C@@H]([N+](=O)[O-])[C@@H]2c1ccco1. The van der Waals surface area contributed by atoms with Gasteiger partial charge in [0.1, 0.15) is 36.6 Å². The first-order valence-electron chi connectivity index (χ1n) is 9.92. The highest BCUT2D eigenvalue weighted by molar-refractivity contribution is 6.74. The van der Waals surface area contributed by atoms with Crippen molar-refractivity contribution in [3.8, 4) is 0 Å². The Hall–Kier alpha value is -1.56. The van der Waals surface area contributed by atoms with E-state index in [-0.39, 0.29) is 9.96 Å². The van der Waals surface area contributed by atoms with Crippen LogP contribution >= 0.6 is 0 Å². The van der Waals surface area contributed by atoms with Crippen molar-refractivity contribution in [3.63, 3.8) is 0 Å². The normalized spacial score (nSPS) is 34.8. The molecule has 1 aromatic heterocycles. The standard InChI is InChI=1S/C20H31NO8Si/c1-12-16-14(13-9-8-10-26-13)15(21(23)24)18(29-30(6,7)19(2,3)4)17(12)28-20(11-22,25-5)27-16/h8-10,14-18,22H,1,11H2,2-7H3/t14-,15-,16?,17?,18+,20-/m0/s1. The molecule has 1 saturated carbocycles. The van der Waals surface area contributed by atoms with Gasteiger partial charge >= 0.3 is 5.97 Å². The quantitative estimate of drug-likeness (QED) is 0.310. The second-order valence-corrected chi connectivity index (χ2v) is 14.1. The number of nitro groups is 1. The molecule has 1 aromatic rings. The molecule has 1 aliphatic carbocycles. The van der Waals surface area contributed by atoms with Gasteiger partial charge < -0.3 is 28.2 Å². The number of furan rings is 1. The highest BCUT2D eigenvalue weighted by atomic mass is 28.4. The van der Waals surface area contributed by atoms with Gasteiger partial charge in [-0.1, -0.05) is 27.4 Å². The molecule has 2 aliphatic rings. The Balaban J connectivity index is 2.14. The fourth-order valence-electron chi connectivity index (χ4n) is 3.81. The molecule has 30 heavy (non-hydrogen) atoms. The average molecular weight is 442 g/mol. The second kappa shape index (κ2) is 7.85. The van der Waals surface area contributed by atoms with Crippen LogP contribution in [-0.4, -0.2) is 62.4 Å². The smallest absolute Gasteiger partial charge is 0.308 e. The fraction of sp³-hybridized carbons (Fsp3) is 0.700. The zero-order valence-corrected chi connectivity index (χ0v) is 19.3. The molecule has 3 rings (SSSR count). The van der Waals surface area contributed by atoms with Gasteiger partial charge in [0, 0.05) is 12.0 Å². The Labute approximate surface area is 177 Å². The van der Waals surface area contributed by atoms with Gasteiger partial charge in [-0.2, -0.15) is 0 Å². The largest absolute Gasteiger partial charge is 0.469 e. The Bertz CT molecular complexity index is 783. The lowest BCUT2D eigenvalue weighted by atomic mass is 9.74. The maximum Gasteiger partial charge on any atom is 0.308 e. The molecule has 2 fully saturated rings. The van der Waals surface area contributed by atoms with Crippen molar-refractivity contribution in [2.45, 2.75) is 75.1 Å². The van der Waals surface area contributed by atoms with E-state index >= 15 is 0 Å². The van der Waals surface area contributed by atoms with Crippen LogP contribution in [-0.2, 0) is 18.6 Å².